The molecule has 0 saturated heterocycles. The van der Waals surface area contributed by atoms with E-state index in [1.165, 1.54) is 14.0 Å². The second kappa shape index (κ2) is 10.2. The molecule has 7 nitrogen and oxygen atoms in total. The molecule has 0 aliphatic heterocycles. The number of rotatable bonds is 8. The number of ether oxygens (including phenoxy) is 3. The lowest BCUT2D eigenvalue weighted by Crippen LogP contribution is -2.32. The van der Waals surface area contributed by atoms with Gasteiger partial charge in [0.25, 0.3) is 6.29 Å². The smallest absolute Gasteiger partial charge is 0.331 e. The highest BCUT2D eigenvalue weighted by Crippen LogP contribution is 2.29. The van der Waals surface area contributed by atoms with Gasteiger partial charge in [-0.25, -0.2) is 4.79 Å². The Morgan fingerprint density at radius 3 is 2.60 bits per heavy atom. The molecule has 0 saturated carbocycles. The fourth-order valence-electron chi connectivity index (χ4n) is 1.96. The highest BCUT2D eigenvalue weighted by Gasteiger charge is 2.20. The maximum absolute atomic E-state index is 12.2. The van der Waals surface area contributed by atoms with Crippen molar-refractivity contribution in [3.8, 4) is 17.6 Å². The lowest BCUT2D eigenvalue weighted by Gasteiger charge is -2.19. The number of anilines is 2. The van der Waals surface area contributed by atoms with Crippen molar-refractivity contribution in [3.05, 3.63) is 18.2 Å². The lowest BCUT2D eigenvalue weighted by atomic mass is 10.2. The molecule has 0 radical (unpaired) electrons. The van der Waals surface area contributed by atoms with Gasteiger partial charge in [0, 0.05) is 19.7 Å². The van der Waals surface area contributed by atoms with Gasteiger partial charge in [-0.1, -0.05) is 0 Å². The predicted molar refractivity (Wildman–Crippen MR) is 95.3 cm³/mol. The van der Waals surface area contributed by atoms with Crippen LogP contribution in [0.2, 0.25) is 0 Å². The summed E-state index contributed by atoms with van der Waals surface area (Å²) >= 11 is 0. The van der Waals surface area contributed by atoms with Gasteiger partial charge in [0.1, 0.15) is 11.8 Å². The first-order chi connectivity index (χ1) is 11.9. The van der Waals surface area contributed by atoms with Crippen LogP contribution in [0.1, 0.15) is 27.7 Å². The first-order valence-electron chi connectivity index (χ1n) is 7.87. The summed E-state index contributed by atoms with van der Waals surface area (Å²) in [5.74, 6) is 5.11. The summed E-state index contributed by atoms with van der Waals surface area (Å²) < 4.78 is 15.7. The molecule has 0 heterocycles. The molecule has 1 aromatic carbocycles. The van der Waals surface area contributed by atoms with Gasteiger partial charge in [0.15, 0.2) is 0 Å². The minimum atomic E-state index is -0.918. The number of methoxy groups -OCH3 is 1. The molecular weight excluding hydrogens is 324 g/mol. The van der Waals surface area contributed by atoms with E-state index in [1.807, 2.05) is 6.92 Å². The molecule has 0 aromatic heterocycles. The monoisotopic (exact) mass is 348 g/mol. The van der Waals surface area contributed by atoms with Crippen molar-refractivity contribution in [3.63, 3.8) is 0 Å². The van der Waals surface area contributed by atoms with Crippen LogP contribution in [0.25, 0.3) is 0 Å². The van der Waals surface area contributed by atoms with E-state index in [1.54, 1.807) is 32.0 Å². The average molecular weight is 348 g/mol. The predicted octanol–water partition coefficient (Wildman–Crippen LogP) is 2.38. The fourth-order valence-corrected chi connectivity index (χ4v) is 1.96. The zero-order valence-electron chi connectivity index (χ0n) is 15.1. The van der Waals surface area contributed by atoms with E-state index >= 15 is 0 Å². The molecule has 7 heteroatoms. The van der Waals surface area contributed by atoms with Crippen molar-refractivity contribution < 1.29 is 23.8 Å². The quantitative estimate of drug-likeness (QED) is 0.426. The zero-order chi connectivity index (χ0) is 18.8. The van der Waals surface area contributed by atoms with Gasteiger partial charge >= 0.3 is 5.97 Å². The van der Waals surface area contributed by atoms with Crippen molar-refractivity contribution >= 4 is 23.3 Å². The molecule has 0 aliphatic carbocycles. The number of amides is 1. The van der Waals surface area contributed by atoms with E-state index in [9.17, 15) is 9.59 Å². The van der Waals surface area contributed by atoms with E-state index in [0.717, 1.165) is 0 Å². The number of hydrogen-bond acceptors (Lipinski definition) is 6. The van der Waals surface area contributed by atoms with E-state index in [4.69, 9.17) is 14.2 Å². The SMILES string of the molecule is CC#CC(OC)OC(=O)C(C)Nc1cc(NC(C)=O)ccc1OCC. The number of carbonyl (C=O) groups excluding carboxylic acids is 2. The molecular formula is C18H24N2O5. The van der Waals surface area contributed by atoms with E-state index in [-0.39, 0.29) is 5.91 Å². The topological polar surface area (TPSA) is 85.9 Å². The molecule has 2 atom stereocenters. The Bertz CT molecular complexity index is 663. The van der Waals surface area contributed by atoms with Crippen LogP contribution in [0.15, 0.2) is 18.2 Å². The van der Waals surface area contributed by atoms with Crippen LogP contribution in [0.4, 0.5) is 11.4 Å². The van der Waals surface area contributed by atoms with Gasteiger partial charge in [0.2, 0.25) is 5.91 Å². The standard InChI is InChI=1S/C18H24N2O5/c1-6-8-17(23-5)25-18(22)12(3)19-15-11-14(20-13(4)21)9-10-16(15)24-7-2/h9-12,17,19H,7H2,1-5H3,(H,20,21). The number of benzene rings is 1. The maximum atomic E-state index is 12.2. The Hall–Kier alpha value is -2.72. The highest BCUT2D eigenvalue weighted by molar-refractivity contribution is 5.90. The van der Waals surface area contributed by atoms with Crippen molar-refractivity contribution in [1.29, 1.82) is 0 Å². The molecule has 136 valence electrons. The molecule has 2 unspecified atom stereocenters. The molecule has 0 spiro atoms. The minimum Gasteiger partial charge on any atom is -0.492 e. The molecule has 0 aliphatic rings. The first kappa shape index (κ1) is 20.3. The Balaban J connectivity index is 2.91. The number of nitrogens with one attached hydrogen (secondary N) is 2. The largest absolute Gasteiger partial charge is 0.492 e. The third-order valence-electron chi connectivity index (χ3n) is 3.02. The Kier molecular flexibility index (Phi) is 8.30. The normalized spacial score (nSPS) is 12.2. The second-order valence-corrected chi connectivity index (χ2v) is 5.09. The van der Waals surface area contributed by atoms with Gasteiger partial charge in [-0.3, -0.25) is 4.79 Å². The molecule has 1 amide bonds. The average Bonchev–Trinajstić information content (AvgIpc) is 2.56. The highest BCUT2D eigenvalue weighted by atomic mass is 16.7. The Labute approximate surface area is 148 Å². The van der Waals surface area contributed by atoms with Crippen LogP contribution in [-0.4, -0.2) is 37.9 Å². The first-order valence-corrected chi connectivity index (χ1v) is 7.87. The molecule has 1 rings (SSSR count). The maximum Gasteiger partial charge on any atom is 0.331 e. The number of esters is 1. The van der Waals surface area contributed by atoms with Gasteiger partial charge < -0.3 is 24.8 Å². The molecule has 0 fully saturated rings. The van der Waals surface area contributed by atoms with Crippen molar-refractivity contribution in [1.82, 2.24) is 0 Å². The summed E-state index contributed by atoms with van der Waals surface area (Å²) in [7, 11) is 1.41. The molecule has 0 bridgehead atoms. The van der Waals surface area contributed by atoms with Gasteiger partial charge in [-0.2, -0.15) is 0 Å². The zero-order valence-corrected chi connectivity index (χ0v) is 15.1. The van der Waals surface area contributed by atoms with Gasteiger partial charge in [0.05, 0.1) is 12.3 Å². The summed E-state index contributed by atoms with van der Waals surface area (Å²) in [4.78, 5) is 23.4. The van der Waals surface area contributed by atoms with E-state index < -0.39 is 18.3 Å². The van der Waals surface area contributed by atoms with Crippen LogP contribution < -0.4 is 15.4 Å². The summed E-state index contributed by atoms with van der Waals surface area (Å²) in [6.07, 6.45) is -0.918. The molecule has 2 N–H and O–H groups in total. The van der Waals surface area contributed by atoms with E-state index in [2.05, 4.69) is 22.5 Å². The summed E-state index contributed by atoms with van der Waals surface area (Å²) in [5.41, 5.74) is 1.15. The van der Waals surface area contributed by atoms with E-state index in [0.29, 0.717) is 23.7 Å². The Morgan fingerprint density at radius 2 is 2.04 bits per heavy atom. The Morgan fingerprint density at radius 1 is 1.32 bits per heavy atom. The summed E-state index contributed by atoms with van der Waals surface area (Å²) in [5, 5.41) is 5.71. The molecule has 25 heavy (non-hydrogen) atoms. The van der Waals surface area contributed by atoms with Crippen LogP contribution in [0.3, 0.4) is 0 Å². The fraction of sp³-hybridized carbons (Fsp3) is 0.444. The van der Waals surface area contributed by atoms with Crippen molar-refractivity contribution in [2.24, 2.45) is 0 Å². The van der Waals surface area contributed by atoms with Crippen LogP contribution in [0, 0.1) is 11.8 Å². The van der Waals surface area contributed by atoms with Crippen LogP contribution in [0.5, 0.6) is 5.75 Å². The third kappa shape index (κ3) is 6.73. The van der Waals surface area contributed by atoms with Gasteiger partial charge in [-0.05, 0) is 44.9 Å². The van der Waals surface area contributed by atoms with Crippen molar-refractivity contribution in [2.75, 3.05) is 24.4 Å². The summed E-state index contributed by atoms with van der Waals surface area (Å²) in [6.45, 7) is 7.02. The molecule has 1 aromatic rings. The van der Waals surface area contributed by atoms with Crippen molar-refractivity contribution in [2.45, 2.75) is 40.0 Å². The number of hydrogen-bond donors (Lipinski definition) is 2. The van der Waals surface area contributed by atoms with Crippen LogP contribution in [-0.2, 0) is 19.1 Å². The second-order valence-electron chi connectivity index (χ2n) is 5.09. The number of carbonyl (C=O) groups is 2. The minimum absolute atomic E-state index is 0.191. The van der Waals surface area contributed by atoms with Gasteiger partial charge in [-0.15, -0.1) is 5.92 Å². The third-order valence-corrected chi connectivity index (χ3v) is 3.02. The van der Waals surface area contributed by atoms with Crippen LogP contribution >= 0.6 is 0 Å². The lowest BCUT2D eigenvalue weighted by molar-refractivity contribution is -0.163. The summed E-state index contributed by atoms with van der Waals surface area (Å²) in [6, 6.07) is 4.45.